The van der Waals surface area contributed by atoms with Crippen molar-refractivity contribution in [3.05, 3.63) is 29.8 Å². The van der Waals surface area contributed by atoms with Gasteiger partial charge in [-0.1, -0.05) is 0 Å². The third kappa shape index (κ3) is 3.15. The molecule has 1 saturated heterocycles. The summed E-state index contributed by atoms with van der Waals surface area (Å²) in [5.74, 6) is -1.50. The van der Waals surface area contributed by atoms with Gasteiger partial charge in [0, 0.05) is 17.8 Å². The molecule has 0 unspecified atom stereocenters. The number of halogens is 2. The molecule has 0 amide bonds. The maximum atomic E-state index is 12.9. The van der Waals surface area contributed by atoms with Crippen LogP contribution in [0.3, 0.4) is 0 Å². The molecule has 1 N–H and O–H groups in total. The summed E-state index contributed by atoms with van der Waals surface area (Å²) in [6.45, 7) is 0. The summed E-state index contributed by atoms with van der Waals surface area (Å²) in [6, 6.07) is 3.58. The molecule has 1 aliphatic rings. The van der Waals surface area contributed by atoms with Gasteiger partial charge in [0.05, 0.1) is 11.5 Å². The van der Waals surface area contributed by atoms with E-state index in [9.17, 15) is 17.2 Å². The van der Waals surface area contributed by atoms with Crippen LogP contribution >= 0.6 is 0 Å². The van der Waals surface area contributed by atoms with Crippen LogP contribution in [0.15, 0.2) is 18.2 Å². The molecule has 17 heavy (non-hydrogen) atoms. The average Bonchev–Trinajstić information content (AvgIpc) is 2.27. The Kier molecular flexibility index (Phi) is 3.33. The van der Waals surface area contributed by atoms with Crippen LogP contribution in [0, 0.1) is 11.6 Å². The molecule has 0 atom stereocenters. The van der Waals surface area contributed by atoms with Gasteiger partial charge in [-0.2, -0.15) is 0 Å². The second-order valence-electron chi connectivity index (χ2n) is 4.20. The number of hydrogen-bond acceptors (Lipinski definition) is 3. The second kappa shape index (κ2) is 4.60. The van der Waals surface area contributed by atoms with Crippen molar-refractivity contribution in [2.24, 2.45) is 0 Å². The first-order valence-corrected chi connectivity index (χ1v) is 7.20. The summed E-state index contributed by atoms with van der Waals surface area (Å²) in [7, 11) is -2.90. The van der Waals surface area contributed by atoms with E-state index in [4.69, 9.17) is 0 Å². The molecule has 1 heterocycles. The van der Waals surface area contributed by atoms with E-state index in [-0.39, 0.29) is 17.5 Å². The Balaban J connectivity index is 2.00. The van der Waals surface area contributed by atoms with Gasteiger partial charge in [0.15, 0.2) is 11.6 Å². The summed E-state index contributed by atoms with van der Waals surface area (Å²) in [5.41, 5.74) is 0.480. The quantitative estimate of drug-likeness (QED) is 0.885. The minimum absolute atomic E-state index is 0.00314. The van der Waals surface area contributed by atoms with Crippen molar-refractivity contribution in [2.75, 3.05) is 16.8 Å². The predicted octanol–water partition coefficient (Wildman–Crippen LogP) is 1.95. The number of rotatable bonds is 2. The van der Waals surface area contributed by atoms with E-state index in [0.717, 1.165) is 12.1 Å². The molecule has 0 aliphatic carbocycles. The molecule has 0 bridgehead atoms. The zero-order valence-corrected chi connectivity index (χ0v) is 9.93. The topological polar surface area (TPSA) is 46.2 Å². The van der Waals surface area contributed by atoms with Gasteiger partial charge < -0.3 is 5.32 Å². The number of anilines is 1. The highest BCUT2D eigenvalue weighted by atomic mass is 32.2. The van der Waals surface area contributed by atoms with Gasteiger partial charge in [-0.25, -0.2) is 17.2 Å². The van der Waals surface area contributed by atoms with Crippen LogP contribution in [0.25, 0.3) is 0 Å². The van der Waals surface area contributed by atoms with Crippen LogP contribution in [0.2, 0.25) is 0 Å². The molecule has 6 heteroatoms. The van der Waals surface area contributed by atoms with Crippen LogP contribution in [0.5, 0.6) is 0 Å². The van der Waals surface area contributed by atoms with E-state index >= 15 is 0 Å². The highest BCUT2D eigenvalue weighted by Crippen LogP contribution is 2.19. The second-order valence-corrected chi connectivity index (χ2v) is 6.50. The minimum Gasteiger partial charge on any atom is -0.382 e. The zero-order chi connectivity index (χ0) is 12.5. The minimum atomic E-state index is -2.90. The Morgan fingerprint density at radius 3 is 2.35 bits per heavy atom. The Morgan fingerprint density at radius 2 is 1.76 bits per heavy atom. The highest BCUT2D eigenvalue weighted by Gasteiger charge is 2.23. The van der Waals surface area contributed by atoms with Gasteiger partial charge in [-0.15, -0.1) is 0 Å². The third-order valence-corrected chi connectivity index (χ3v) is 4.56. The first-order valence-electron chi connectivity index (χ1n) is 5.38. The van der Waals surface area contributed by atoms with E-state index in [0.29, 0.717) is 18.5 Å². The van der Waals surface area contributed by atoms with Crippen molar-refractivity contribution >= 4 is 15.5 Å². The number of sulfone groups is 1. The maximum Gasteiger partial charge on any atom is 0.160 e. The van der Waals surface area contributed by atoms with Crippen LogP contribution in [-0.2, 0) is 9.84 Å². The molecule has 1 aromatic carbocycles. The van der Waals surface area contributed by atoms with Crippen molar-refractivity contribution < 1.29 is 17.2 Å². The predicted molar refractivity (Wildman–Crippen MR) is 61.7 cm³/mol. The molecule has 1 aliphatic heterocycles. The summed E-state index contributed by atoms with van der Waals surface area (Å²) >= 11 is 0. The summed E-state index contributed by atoms with van der Waals surface area (Å²) in [5, 5.41) is 3.02. The van der Waals surface area contributed by atoms with Gasteiger partial charge in [-0.05, 0) is 25.0 Å². The first-order chi connectivity index (χ1) is 7.96. The van der Waals surface area contributed by atoms with Crippen LogP contribution in [0.1, 0.15) is 12.8 Å². The lowest BCUT2D eigenvalue weighted by Crippen LogP contribution is -2.32. The van der Waals surface area contributed by atoms with E-state index in [1.165, 1.54) is 6.07 Å². The van der Waals surface area contributed by atoms with Crippen molar-refractivity contribution in [2.45, 2.75) is 18.9 Å². The molecule has 2 rings (SSSR count). The summed E-state index contributed by atoms with van der Waals surface area (Å²) in [4.78, 5) is 0. The molecule has 0 spiro atoms. The summed E-state index contributed by atoms with van der Waals surface area (Å²) < 4.78 is 48.1. The van der Waals surface area contributed by atoms with Gasteiger partial charge >= 0.3 is 0 Å². The normalized spacial score (nSPS) is 20.1. The monoisotopic (exact) mass is 261 g/mol. The van der Waals surface area contributed by atoms with Crippen molar-refractivity contribution in [3.63, 3.8) is 0 Å². The van der Waals surface area contributed by atoms with Crippen LogP contribution in [-0.4, -0.2) is 26.0 Å². The number of nitrogens with one attached hydrogen (secondary N) is 1. The van der Waals surface area contributed by atoms with Crippen LogP contribution < -0.4 is 5.32 Å². The third-order valence-electron chi connectivity index (χ3n) is 2.85. The van der Waals surface area contributed by atoms with Gasteiger partial charge in [0.2, 0.25) is 0 Å². The van der Waals surface area contributed by atoms with Crippen molar-refractivity contribution in [1.29, 1.82) is 0 Å². The first kappa shape index (κ1) is 12.3. The van der Waals surface area contributed by atoms with Crippen molar-refractivity contribution in [1.82, 2.24) is 0 Å². The number of benzene rings is 1. The lowest BCUT2D eigenvalue weighted by molar-refractivity contribution is 0.508. The number of hydrogen-bond donors (Lipinski definition) is 1. The molecular formula is C11H13F2NO2S. The molecule has 3 nitrogen and oxygen atoms in total. The van der Waals surface area contributed by atoms with E-state index < -0.39 is 21.5 Å². The van der Waals surface area contributed by atoms with E-state index in [1.807, 2.05) is 0 Å². The Hall–Kier alpha value is -1.17. The van der Waals surface area contributed by atoms with Gasteiger partial charge in [-0.3, -0.25) is 0 Å². The molecule has 1 aromatic rings. The Bertz CT molecular complexity index is 502. The zero-order valence-electron chi connectivity index (χ0n) is 9.12. The molecular weight excluding hydrogens is 248 g/mol. The molecule has 94 valence electrons. The van der Waals surface area contributed by atoms with E-state index in [1.54, 1.807) is 0 Å². The Morgan fingerprint density at radius 1 is 1.12 bits per heavy atom. The fourth-order valence-corrected chi connectivity index (χ4v) is 3.35. The van der Waals surface area contributed by atoms with Crippen molar-refractivity contribution in [3.8, 4) is 0 Å². The summed E-state index contributed by atoms with van der Waals surface area (Å²) in [6.07, 6.45) is 1.00. The molecule has 0 radical (unpaired) electrons. The largest absolute Gasteiger partial charge is 0.382 e. The Labute approximate surface area is 98.8 Å². The van der Waals surface area contributed by atoms with Gasteiger partial charge in [0.25, 0.3) is 0 Å². The van der Waals surface area contributed by atoms with E-state index in [2.05, 4.69) is 5.32 Å². The van der Waals surface area contributed by atoms with Gasteiger partial charge in [0.1, 0.15) is 9.84 Å². The standard InChI is InChI=1S/C11H13F2NO2S/c12-10-2-1-9(7-11(10)13)14-8-3-5-17(15,16)6-4-8/h1-2,7-8,14H,3-6H2. The lowest BCUT2D eigenvalue weighted by Gasteiger charge is -2.24. The smallest absolute Gasteiger partial charge is 0.160 e. The fraction of sp³-hybridized carbons (Fsp3) is 0.455. The molecule has 1 fully saturated rings. The molecule has 0 aromatic heterocycles. The maximum absolute atomic E-state index is 12.9. The SMILES string of the molecule is O=S1(=O)CCC(Nc2ccc(F)c(F)c2)CC1. The van der Waals surface area contributed by atoms with Crippen LogP contribution in [0.4, 0.5) is 14.5 Å². The lowest BCUT2D eigenvalue weighted by atomic mass is 10.1. The average molecular weight is 261 g/mol. The fourth-order valence-electron chi connectivity index (χ4n) is 1.86. The highest BCUT2D eigenvalue weighted by molar-refractivity contribution is 7.91. The molecule has 0 saturated carbocycles.